The molecule has 0 saturated carbocycles. The highest BCUT2D eigenvalue weighted by molar-refractivity contribution is 5.83. The van der Waals surface area contributed by atoms with Crippen LogP contribution >= 0.6 is 0 Å². The summed E-state index contributed by atoms with van der Waals surface area (Å²) in [5.41, 5.74) is 1.17. The predicted molar refractivity (Wildman–Crippen MR) is 112 cm³/mol. The fourth-order valence-electron chi connectivity index (χ4n) is 4.53. The van der Waals surface area contributed by atoms with Gasteiger partial charge in [0.05, 0.1) is 12.6 Å². The lowest BCUT2D eigenvalue weighted by Gasteiger charge is -2.37. The van der Waals surface area contributed by atoms with E-state index >= 15 is 0 Å². The minimum atomic E-state index is -0.505. The van der Waals surface area contributed by atoms with Crippen molar-refractivity contribution in [3.05, 3.63) is 48.0 Å². The van der Waals surface area contributed by atoms with E-state index in [0.29, 0.717) is 13.1 Å². The summed E-state index contributed by atoms with van der Waals surface area (Å²) < 4.78 is 0. The highest BCUT2D eigenvalue weighted by Gasteiger charge is 2.31. The van der Waals surface area contributed by atoms with Gasteiger partial charge < -0.3 is 14.9 Å². The predicted octanol–water partition coefficient (Wildman–Crippen LogP) is 2.15. The Morgan fingerprint density at radius 3 is 2.68 bits per heavy atom. The minimum absolute atomic E-state index is 0.0977. The highest BCUT2D eigenvalue weighted by atomic mass is 16.3. The van der Waals surface area contributed by atoms with Crippen LogP contribution in [0.4, 0.5) is 0 Å². The van der Waals surface area contributed by atoms with Crippen LogP contribution in [-0.4, -0.2) is 84.7 Å². The monoisotopic (exact) mass is 381 g/mol. The molecule has 0 bridgehead atoms. The summed E-state index contributed by atoms with van der Waals surface area (Å²) in [7, 11) is 2.14. The van der Waals surface area contributed by atoms with Gasteiger partial charge in [-0.15, -0.1) is 0 Å². The summed E-state index contributed by atoms with van der Waals surface area (Å²) in [6.07, 6.45) is 1.42. The van der Waals surface area contributed by atoms with Gasteiger partial charge in [-0.3, -0.25) is 9.69 Å². The molecule has 28 heavy (non-hydrogen) atoms. The normalized spacial score (nSPS) is 25.0. The van der Waals surface area contributed by atoms with E-state index in [2.05, 4.69) is 47.2 Å². The standard InChI is InChI=1S/C23H31N3O2/c1-24-10-4-11-25(14-13-24)17-23(28)26-12-9-21(22(27)16-26)20-8-7-18-5-2-3-6-19(18)15-20/h2-3,5-8,15,21-22,27H,4,9-14,16-17H2,1H3/t21-,22+/m0/s1. The number of carbonyl (C=O) groups excluding carboxylic acids is 1. The number of β-amino-alcohol motifs (C(OH)–C–C–N with tert-alkyl or cyclic N) is 1. The number of fused-ring (bicyclic) bond motifs is 1. The topological polar surface area (TPSA) is 47.0 Å². The van der Waals surface area contributed by atoms with Crippen molar-refractivity contribution < 1.29 is 9.90 Å². The SMILES string of the molecule is CN1CCCN(CC(=O)N2CC[C@@H](c3ccc4ccccc4c3)[C@H](O)C2)CC1. The molecule has 4 rings (SSSR count). The smallest absolute Gasteiger partial charge is 0.236 e. The van der Waals surface area contributed by atoms with E-state index in [1.54, 1.807) is 0 Å². The molecule has 2 heterocycles. The number of hydrogen-bond donors (Lipinski definition) is 1. The summed E-state index contributed by atoms with van der Waals surface area (Å²) in [5, 5.41) is 13.2. The first-order valence-corrected chi connectivity index (χ1v) is 10.5. The van der Waals surface area contributed by atoms with Crippen molar-refractivity contribution >= 4 is 16.7 Å². The van der Waals surface area contributed by atoms with Crippen molar-refractivity contribution in [1.82, 2.24) is 14.7 Å². The van der Waals surface area contributed by atoms with Gasteiger partial charge in [-0.25, -0.2) is 0 Å². The molecule has 2 saturated heterocycles. The quantitative estimate of drug-likeness (QED) is 0.885. The molecule has 1 N–H and O–H groups in total. The molecule has 5 heteroatoms. The lowest BCUT2D eigenvalue weighted by molar-refractivity contribution is -0.135. The Balaban J connectivity index is 1.37. The van der Waals surface area contributed by atoms with Crippen LogP contribution in [0.3, 0.4) is 0 Å². The Kier molecular flexibility index (Phi) is 5.95. The molecule has 1 amide bonds. The van der Waals surface area contributed by atoms with Crippen molar-refractivity contribution in [1.29, 1.82) is 0 Å². The van der Waals surface area contributed by atoms with E-state index in [1.165, 1.54) is 16.3 Å². The summed E-state index contributed by atoms with van der Waals surface area (Å²) >= 11 is 0. The zero-order valence-corrected chi connectivity index (χ0v) is 16.8. The third-order valence-corrected chi connectivity index (χ3v) is 6.31. The van der Waals surface area contributed by atoms with Crippen LogP contribution in [0, 0.1) is 0 Å². The van der Waals surface area contributed by atoms with Gasteiger partial charge in [-0.2, -0.15) is 0 Å². The second-order valence-corrected chi connectivity index (χ2v) is 8.34. The Bertz CT molecular complexity index is 824. The maximum Gasteiger partial charge on any atom is 0.236 e. The Morgan fingerprint density at radius 2 is 1.86 bits per heavy atom. The lowest BCUT2D eigenvalue weighted by atomic mass is 9.86. The molecule has 2 fully saturated rings. The summed E-state index contributed by atoms with van der Waals surface area (Å²) in [6.45, 7) is 5.66. The number of piperidine rings is 1. The first kappa shape index (κ1) is 19.4. The molecule has 0 aliphatic carbocycles. The molecular weight excluding hydrogens is 350 g/mol. The van der Waals surface area contributed by atoms with E-state index in [4.69, 9.17) is 0 Å². The number of carbonyl (C=O) groups is 1. The first-order chi connectivity index (χ1) is 13.6. The molecular formula is C23H31N3O2. The van der Waals surface area contributed by atoms with E-state index in [1.807, 2.05) is 17.0 Å². The molecule has 0 spiro atoms. The minimum Gasteiger partial charge on any atom is -0.391 e. The van der Waals surface area contributed by atoms with E-state index in [9.17, 15) is 9.90 Å². The molecule has 5 nitrogen and oxygen atoms in total. The second-order valence-electron chi connectivity index (χ2n) is 8.34. The fraction of sp³-hybridized carbons (Fsp3) is 0.522. The highest BCUT2D eigenvalue weighted by Crippen LogP contribution is 2.30. The van der Waals surface area contributed by atoms with Crippen molar-refractivity contribution in [2.24, 2.45) is 0 Å². The van der Waals surface area contributed by atoms with Gasteiger partial charge in [0.2, 0.25) is 5.91 Å². The number of hydrogen-bond acceptors (Lipinski definition) is 4. The Morgan fingerprint density at radius 1 is 1.04 bits per heavy atom. The van der Waals surface area contributed by atoms with Gasteiger partial charge in [0.1, 0.15) is 0 Å². The van der Waals surface area contributed by atoms with Crippen molar-refractivity contribution in [3.63, 3.8) is 0 Å². The maximum atomic E-state index is 12.8. The third kappa shape index (κ3) is 4.37. The second kappa shape index (κ2) is 8.60. The maximum absolute atomic E-state index is 12.8. The number of aliphatic hydroxyl groups is 1. The number of likely N-dealkylation sites (tertiary alicyclic amines) is 1. The van der Waals surface area contributed by atoms with Gasteiger partial charge in [-0.1, -0.05) is 42.5 Å². The van der Waals surface area contributed by atoms with Gasteiger partial charge in [-0.05, 0) is 49.3 Å². The molecule has 0 aromatic heterocycles. The van der Waals surface area contributed by atoms with E-state index in [0.717, 1.165) is 45.6 Å². The number of benzene rings is 2. The van der Waals surface area contributed by atoms with Gasteiger partial charge >= 0.3 is 0 Å². The molecule has 2 aliphatic rings. The Hall–Kier alpha value is -1.95. The molecule has 150 valence electrons. The zero-order chi connectivity index (χ0) is 19.5. The molecule has 0 radical (unpaired) electrons. The summed E-state index contributed by atoms with van der Waals surface area (Å²) in [5.74, 6) is 0.251. The molecule has 2 aromatic rings. The summed E-state index contributed by atoms with van der Waals surface area (Å²) in [4.78, 5) is 19.2. The van der Waals surface area contributed by atoms with Crippen molar-refractivity contribution in [2.75, 3.05) is 52.9 Å². The molecule has 2 aromatic carbocycles. The first-order valence-electron chi connectivity index (χ1n) is 10.5. The number of aliphatic hydroxyl groups excluding tert-OH is 1. The summed E-state index contributed by atoms with van der Waals surface area (Å²) in [6, 6.07) is 14.8. The van der Waals surface area contributed by atoms with Crippen LogP contribution in [0.2, 0.25) is 0 Å². The van der Waals surface area contributed by atoms with Crippen LogP contribution in [0.5, 0.6) is 0 Å². The zero-order valence-electron chi connectivity index (χ0n) is 16.8. The number of likely N-dealkylation sites (N-methyl/N-ethyl adjacent to an activating group) is 1. The van der Waals surface area contributed by atoms with Crippen LogP contribution < -0.4 is 0 Å². The molecule has 2 aliphatic heterocycles. The van der Waals surface area contributed by atoms with Crippen LogP contribution in [0.15, 0.2) is 42.5 Å². The lowest BCUT2D eigenvalue weighted by Crippen LogP contribution is -2.49. The average molecular weight is 382 g/mol. The van der Waals surface area contributed by atoms with Crippen LogP contribution in [0.1, 0.15) is 24.3 Å². The van der Waals surface area contributed by atoms with Gasteiger partial charge in [0, 0.05) is 32.1 Å². The van der Waals surface area contributed by atoms with E-state index < -0.39 is 6.10 Å². The largest absolute Gasteiger partial charge is 0.391 e. The van der Waals surface area contributed by atoms with Crippen LogP contribution in [-0.2, 0) is 4.79 Å². The van der Waals surface area contributed by atoms with Crippen molar-refractivity contribution in [2.45, 2.75) is 24.9 Å². The van der Waals surface area contributed by atoms with E-state index in [-0.39, 0.29) is 11.8 Å². The van der Waals surface area contributed by atoms with Gasteiger partial charge in [0.25, 0.3) is 0 Å². The van der Waals surface area contributed by atoms with Gasteiger partial charge in [0.15, 0.2) is 0 Å². The van der Waals surface area contributed by atoms with Crippen LogP contribution in [0.25, 0.3) is 10.8 Å². The average Bonchev–Trinajstić information content (AvgIpc) is 2.91. The Labute approximate surface area is 167 Å². The fourth-order valence-corrected chi connectivity index (χ4v) is 4.53. The number of rotatable bonds is 3. The molecule has 0 unspecified atom stereocenters. The number of amides is 1. The molecule has 2 atom stereocenters. The van der Waals surface area contributed by atoms with Crippen molar-refractivity contribution in [3.8, 4) is 0 Å². The third-order valence-electron chi connectivity index (χ3n) is 6.31. The number of nitrogens with zero attached hydrogens (tertiary/aromatic N) is 3.